The van der Waals surface area contributed by atoms with Gasteiger partial charge < -0.3 is 5.11 Å². The molecule has 2 nitrogen and oxygen atoms in total. The molecule has 12 heavy (non-hydrogen) atoms. The lowest BCUT2D eigenvalue weighted by atomic mass is 10.0. The monoisotopic (exact) mass is 163 g/mol. The van der Waals surface area contributed by atoms with Crippen molar-refractivity contribution in [2.75, 3.05) is 0 Å². The number of aryl methyl sites for hydroxylation is 1. The number of rotatable bonds is 3. The molecule has 0 aromatic carbocycles. The van der Waals surface area contributed by atoms with E-state index < -0.39 is 6.10 Å². The predicted octanol–water partition coefficient (Wildman–Crippen LogP) is 2.00. The molecule has 1 aromatic heterocycles. The maximum atomic E-state index is 9.59. The topological polar surface area (TPSA) is 33.1 Å². The number of nitrogens with zero attached hydrogens (tertiary/aromatic N) is 1. The van der Waals surface area contributed by atoms with Crippen molar-refractivity contribution in [3.05, 3.63) is 42.2 Å². The van der Waals surface area contributed by atoms with Gasteiger partial charge in [-0.05, 0) is 25.0 Å². The Hall–Kier alpha value is -1.15. The Labute approximate surface area is 72.6 Å². The molecule has 0 aliphatic rings. The fraction of sp³-hybridized carbons (Fsp3) is 0.300. The van der Waals surface area contributed by atoms with Gasteiger partial charge in [-0.25, -0.2) is 0 Å². The summed E-state index contributed by atoms with van der Waals surface area (Å²) in [5.74, 6) is 0. The summed E-state index contributed by atoms with van der Waals surface area (Å²) in [6.07, 6.45) is 5.24. The van der Waals surface area contributed by atoms with Gasteiger partial charge >= 0.3 is 0 Å². The quantitative estimate of drug-likeness (QED) is 0.691. The standard InChI is InChI=1S/C10H13NO/c1-3-4-10(12)9-7-11-6-5-8(9)2/h3,5-7,10,12H,1,4H2,2H3. The summed E-state index contributed by atoms with van der Waals surface area (Å²) in [4.78, 5) is 3.95. The first-order valence-corrected chi connectivity index (χ1v) is 3.95. The van der Waals surface area contributed by atoms with Crippen LogP contribution in [-0.4, -0.2) is 10.1 Å². The number of aliphatic hydroxyl groups excluding tert-OH is 1. The van der Waals surface area contributed by atoms with Gasteiger partial charge in [0, 0.05) is 18.0 Å². The minimum absolute atomic E-state index is 0.462. The van der Waals surface area contributed by atoms with Crippen LogP contribution >= 0.6 is 0 Å². The van der Waals surface area contributed by atoms with Crippen LogP contribution in [0.2, 0.25) is 0 Å². The van der Waals surface area contributed by atoms with Crippen molar-refractivity contribution in [2.24, 2.45) is 0 Å². The van der Waals surface area contributed by atoms with Crippen LogP contribution in [-0.2, 0) is 0 Å². The van der Waals surface area contributed by atoms with Crippen LogP contribution in [0.1, 0.15) is 23.7 Å². The highest BCUT2D eigenvalue weighted by molar-refractivity contribution is 5.23. The van der Waals surface area contributed by atoms with Crippen molar-refractivity contribution in [1.82, 2.24) is 4.98 Å². The lowest BCUT2D eigenvalue weighted by Crippen LogP contribution is -1.98. The first kappa shape index (κ1) is 8.94. The average Bonchev–Trinajstić information content (AvgIpc) is 2.05. The van der Waals surface area contributed by atoms with E-state index in [1.54, 1.807) is 18.5 Å². The summed E-state index contributed by atoms with van der Waals surface area (Å²) in [7, 11) is 0. The molecule has 0 radical (unpaired) electrons. The Bertz CT molecular complexity index is 270. The van der Waals surface area contributed by atoms with Crippen molar-refractivity contribution in [1.29, 1.82) is 0 Å². The Balaban J connectivity index is 2.86. The first-order valence-electron chi connectivity index (χ1n) is 3.95. The van der Waals surface area contributed by atoms with Gasteiger partial charge in [0.05, 0.1) is 6.10 Å². The number of hydrogen-bond donors (Lipinski definition) is 1. The predicted molar refractivity (Wildman–Crippen MR) is 48.7 cm³/mol. The van der Waals surface area contributed by atoms with Crippen LogP contribution in [0.4, 0.5) is 0 Å². The zero-order valence-corrected chi connectivity index (χ0v) is 7.20. The van der Waals surface area contributed by atoms with E-state index in [1.807, 2.05) is 13.0 Å². The van der Waals surface area contributed by atoms with Crippen molar-refractivity contribution in [3.8, 4) is 0 Å². The first-order chi connectivity index (χ1) is 5.75. The molecule has 0 fully saturated rings. The van der Waals surface area contributed by atoms with E-state index in [0.29, 0.717) is 6.42 Å². The van der Waals surface area contributed by atoms with Gasteiger partial charge in [-0.3, -0.25) is 4.98 Å². The Morgan fingerprint density at radius 1 is 1.75 bits per heavy atom. The number of aliphatic hydroxyl groups is 1. The molecule has 1 unspecified atom stereocenters. The summed E-state index contributed by atoms with van der Waals surface area (Å²) >= 11 is 0. The van der Waals surface area contributed by atoms with Gasteiger partial charge in [-0.1, -0.05) is 6.08 Å². The second-order valence-electron chi connectivity index (χ2n) is 2.77. The molecular formula is C10H13NO. The van der Waals surface area contributed by atoms with E-state index in [2.05, 4.69) is 11.6 Å². The lowest BCUT2D eigenvalue weighted by Gasteiger charge is -2.09. The Morgan fingerprint density at radius 3 is 3.08 bits per heavy atom. The van der Waals surface area contributed by atoms with Crippen molar-refractivity contribution in [2.45, 2.75) is 19.4 Å². The molecule has 0 spiro atoms. The Kier molecular flexibility index (Phi) is 3.00. The summed E-state index contributed by atoms with van der Waals surface area (Å²) in [5, 5.41) is 9.59. The maximum Gasteiger partial charge on any atom is 0.0841 e. The highest BCUT2D eigenvalue weighted by atomic mass is 16.3. The third kappa shape index (κ3) is 1.92. The molecule has 1 aromatic rings. The fourth-order valence-corrected chi connectivity index (χ4v) is 1.11. The minimum atomic E-state index is -0.462. The molecule has 1 atom stereocenters. The van der Waals surface area contributed by atoms with Crippen molar-refractivity contribution < 1.29 is 5.11 Å². The summed E-state index contributed by atoms with van der Waals surface area (Å²) < 4.78 is 0. The van der Waals surface area contributed by atoms with Gasteiger partial charge in [0.15, 0.2) is 0 Å². The van der Waals surface area contributed by atoms with Crippen LogP contribution in [0.25, 0.3) is 0 Å². The zero-order chi connectivity index (χ0) is 8.97. The number of aromatic nitrogens is 1. The average molecular weight is 163 g/mol. The summed E-state index contributed by atoms with van der Waals surface area (Å²) in [6.45, 7) is 5.54. The summed E-state index contributed by atoms with van der Waals surface area (Å²) in [6, 6.07) is 1.89. The lowest BCUT2D eigenvalue weighted by molar-refractivity contribution is 0.180. The van der Waals surface area contributed by atoms with E-state index in [1.165, 1.54) is 0 Å². The van der Waals surface area contributed by atoms with Crippen LogP contribution < -0.4 is 0 Å². The third-order valence-electron chi connectivity index (χ3n) is 1.83. The van der Waals surface area contributed by atoms with E-state index in [-0.39, 0.29) is 0 Å². The van der Waals surface area contributed by atoms with Crippen molar-refractivity contribution >= 4 is 0 Å². The second kappa shape index (κ2) is 4.02. The van der Waals surface area contributed by atoms with E-state index >= 15 is 0 Å². The van der Waals surface area contributed by atoms with E-state index in [0.717, 1.165) is 11.1 Å². The highest BCUT2D eigenvalue weighted by Crippen LogP contribution is 2.18. The van der Waals surface area contributed by atoms with Crippen LogP contribution in [0.15, 0.2) is 31.1 Å². The molecule has 2 heteroatoms. The molecule has 1 rings (SSSR count). The molecule has 0 aliphatic heterocycles. The largest absolute Gasteiger partial charge is 0.388 e. The molecule has 64 valence electrons. The highest BCUT2D eigenvalue weighted by Gasteiger charge is 2.07. The second-order valence-corrected chi connectivity index (χ2v) is 2.77. The number of hydrogen-bond acceptors (Lipinski definition) is 2. The molecule has 0 aliphatic carbocycles. The molecule has 0 bridgehead atoms. The SMILES string of the molecule is C=CCC(O)c1cnccc1C. The van der Waals surface area contributed by atoms with Crippen LogP contribution in [0.5, 0.6) is 0 Å². The smallest absolute Gasteiger partial charge is 0.0841 e. The van der Waals surface area contributed by atoms with Gasteiger partial charge in [0.1, 0.15) is 0 Å². The molecule has 0 amide bonds. The third-order valence-corrected chi connectivity index (χ3v) is 1.83. The van der Waals surface area contributed by atoms with E-state index in [9.17, 15) is 5.11 Å². The van der Waals surface area contributed by atoms with Crippen molar-refractivity contribution in [3.63, 3.8) is 0 Å². The Morgan fingerprint density at radius 2 is 2.50 bits per heavy atom. The maximum absolute atomic E-state index is 9.59. The minimum Gasteiger partial charge on any atom is -0.388 e. The normalized spacial score (nSPS) is 12.5. The zero-order valence-electron chi connectivity index (χ0n) is 7.20. The van der Waals surface area contributed by atoms with Crippen LogP contribution in [0.3, 0.4) is 0 Å². The fourth-order valence-electron chi connectivity index (χ4n) is 1.11. The molecule has 1 N–H and O–H groups in total. The van der Waals surface area contributed by atoms with Gasteiger partial charge in [0.25, 0.3) is 0 Å². The van der Waals surface area contributed by atoms with Gasteiger partial charge in [-0.2, -0.15) is 0 Å². The van der Waals surface area contributed by atoms with Crippen LogP contribution in [0, 0.1) is 6.92 Å². The summed E-state index contributed by atoms with van der Waals surface area (Å²) in [5.41, 5.74) is 1.96. The molecular weight excluding hydrogens is 150 g/mol. The van der Waals surface area contributed by atoms with E-state index in [4.69, 9.17) is 0 Å². The molecule has 1 heterocycles. The van der Waals surface area contributed by atoms with Gasteiger partial charge in [0.2, 0.25) is 0 Å². The number of pyridine rings is 1. The molecule has 0 saturated heterocycles. The van der Waals surface area contributed by atoms with Gasteiger partial charge in [-0.15, -0.1) is 6.58 Å². The molecule has 0 saturated carbocycles.